The summed E-state index contributed by atoms with van der Waals surface area (Å²) in [5, 5.41) is 1.13. The van der Waals surface area contributed by atoms with Crippen LogP contribution in [0.1, 0.15) is 45.2 Å². The molecule has 114 valence electrons. The number of hydrogen-bond donors (Lipinski definition) is 2. The second kappa shape index (κ2) is 6.98. The molecule has 0 saturated heterocycles. The van der Waals surface area contributed by atoms with Gasteiger partial charge in [0.05, 0.1) is 17.2 Å². The van der Waals surface area contributed by atoms with Gasteiger partial charge in [0.2, 0.25) is 0 Å². The first-order valence-corrected chi connectivity index (χ1v) is 7.65. The van der Waals surface area contributed by atoms with E-state index in [4.69, 9.17) is 10.6 Å². The second-order valence-corrected chi connectivity index (χ2v) is 5.26. The van der Waals surface area contributed by atoms with Crippen molar-refractivity contribution in [1.82, 2.24) is 10.4 Å². The fraction of sp³-hybridized carbons (Fsp3) is 0.471. The molecule has 2 aromatic rings. The lowest BCUT2D eigenvalue weighted by molar-refractivity contribution is -0.0733. The number of pyridine rings is 1. The van der Waals surface area contributed by atoms with Gasteiger partial charge >= 0.3 is 0 Å². The van der Waals surface area contributed by atoms with Crippen LogP contribution < -0.4 is 11.3 Å². The molecule has 1 atom stereocenters. The van der Waals surface area contributed by atoms with Gasteiger partial charge in [0.1, 0.15) is 0 Å². The van der Waals surface area contributed by atoms with Crippen molar-refractivity contribution in [2.75, 3.05) is 6.61 Å². The molecule has 4 heteroatoms. The van der Waals surface area contributed by atoms with E-state index in [0.717, 1.165) is 29.3 Å². The first-order chi connectivity index (χ1) is 10.2. The van der Waals surface area contributed by atoms with E-state index in [1.165, 1.54) is 0 Å². The van der Waals surface area contributed by atoms with E-state index in [2.05, 4.69) is 48.5 Å². The summed E-state index contributed by atoms with van der Waals surface area (Å²) in [5.41, 5.74) is 4.75. The smallest absolute Gasteiger partial charge is 0.0883 e. The maximum absolute atomic E-state index is 6.08. The molecular formula is C17H25N3O. The van der Waals surface area contributed by atoms with Gasteiger partial charge in [-0.25, -0.2) is 0 Å². The monoisotopic (exact) mass is 287 g/mol. The predicted octanol–water partition coefficient (Wildman–Crippen LogP) is 3.33. The van der Waals surface area contributed by atoms with Gasteiger partial charge in [-0.3, -0.25) is 16.3 Å². The fourth-order valence-corrected chi connectivity index (χ4v) is 3.05. The zero-order chi connectivity index (χ0) is 15.3. The van der Waals surface area contributed by atoms with Crippen molar-refractivity contribution in [3.8, 4) is 0 Å². The molecule has 0 fully saturated rings. The van der Waals surface area contributed by atoms with E-state index < -0.39 is 0 Å². The Morgan fingerprint density at radius 2 is 2.00 bits per heavy atom. The summed E-state index contributed by atoms with van der Waals surface area (Å²) < 4.78 is 6.08. The molecule has 0 aliphatic heterocycles. The third-order valence-electron chi connectivity index (χ3n) is 4.28. The number of ether oxygens (including phenoxy) is 1. The summed E-state index contributed by atoms with van der Waals surface area (Å²) in [7, 11) is 0. The highest BCUT2D eigenvalue weighted by Gasteiger charge is 2.37. The van der Waals surface area contributed by atoms with Gasteiger partial charge in [-0.1, -0.05) is 32.0 Å². The summed E-state index contributed by atoms with van der Waals surface area (Å²) in [4.78, 5) is 4.43. The summed E-state index contributed by atoms with van der Waals surface area (Å²) in [5.74, 6) is 5.87. The van der Waals surface area contributed by atoms with Crippen LogP contribution in [-0.2, 0) is 4.74 Å². The van der Waals surface area contributed by atoms with Crippen LogP contribution in [-0.4, -0.2) is 17.2 Å². The Labute approximate surface area is 126 Å². The molecule has 1 heterocycles. The summed E-state index contributed by atoms with van der Waals surface area (Å²) in [6.45, 7) is 6.98. The van der Waals surface area contributed by atoms with Crippen molar-refractivity contribution in [2.45, 2.75) is 45.3 Å². The van der Waals surface area contributed by atoms with Crippen molar-refractivity contribution in [1.29, 1.82) is 0 Å². The Balaban J connectivity index is 2.46. The lowest BCUT2D eigenvalue weighted by Gasteiger charge is -2.39. The Bertz CT molecular complexity index is 581. The average molecular weight is 287 g/mol. The highest BCUT2D eigenvalue weighted by atomic mass is 16.5. The standard InChI is InChI=1S/C17H25N3O/c1-4-17(5-2,21-6-3)16(20-18)14-10-9-13-8-7-11-19-15(13)12-14/h7-12,16,20H,4-6,18H2,1-3H3. The van der Waals surface area contributed by atoms with E-state index in [1.807, 2.05) is 19.2 Å². The molecule has 4 nitrogen and oxygen atoms in total. The van der Waals surface area contributed by atoms with E-state index in [0.29, 0.717) is 6.61 Å². The molecule has 0 saturated carbocycles. The van der Waals surface area contributed by atoms with E-state index >= 15 is 0 Å². The van der Waals surface area contributed by atoms with Crippen LogP contribution in [0.4, 0.5) is 0 Å². The Morgan fingerprint density at radius 3 is 2.62 bits per heavy atom. The van der Waals surface area contributed by atoms with Crippen LogP contribution in [0.15, 0.2) is 36.5 Å². The van der Waals surface area contributed by atoms with Gasteiger partial charge in [-0.2, -0.15) is 0 Å². The number of nitrogens with two attached hydrogens (primary N) is 1. The molecule has 1 unspecified atom stereocenters. The van der Waals surface area contributed by atoms with Crippen LogP contribution in [0, 0.1) is 0 Å². The molecule has 1 aromatic carbocycles. The molecule has 0 aliphatic carbocycles. The summed E-state index contributed by atoms with van der Waals surface area (Å²) in [6.07, 6.45) is 3.60. The van der Waals surface area contributed by atoms with E-state index in [9.17, 15) is 0 Å². The number of hydrazine groups is 1. The van der Waals surface area contributed by atoms with Crippen molar-refractivity contribution in [3.63, 3.8) is 0 Å². The second-order valence-electron chi connectivity index (χ2n) is 5.26. The van der Waals surface area contributed by atoms with Crippen LogP contribution in [0.25, 0.3) is 10.9 Å². The quantitative estimate of drug-likeness (QED) is 0.605. The zero-order valence-corrected chi connectivity index (χ0v) is 13.1. The molecule has 3 N–H and O–H groups in total. The minimum atomic E-state index is -0.300. The molecule has 0 amide bonds. The fourth-order valence-electron chi connectivity index (χ4n) is 3.05. The maximum atomic E-state index is 6.08. The van der Waals surface area contributed by atoms with Gasteiger partial charge in [0.15, 0.2) is 0 Å². The normalized spacial score (nSPS) is 13.5. The number of fused-ring (bicyclic) bond motifs is 1. The number of rotatable bonds is 7. The molecule has 21 heavy (non-hydrogen) atoms. The highest BCUT2D eigenvalue weighted by Crippen LogP contribution is 2.35. The lowest BCUT2D eigenvalue weighted by Crippen LogP contribution is -2.48. The molecule has 0 bridgehead atoms. The number of aromatic nitrogens is 1. The molecule has 1 aromatic heterocycles. The Morgan fingerprint density at radius 1 is 1.24 bits per heavy atom. The zero-order valence-electron chi connectivity index (χ0n) is 13.1. The predicted molar refractivity (Wildman–Crippen MR) is 86.7 cm³/mol. The highest BCUT2D eigenvalue weighted by molar-refractivity contribution is 5.79. The van der Waals surface area contributed by atoms with Crippen LogP contribution in [0.5, 0.6) is 0 Å². The first-order valence-electron chi connectivity index (χ1n) is 7.65. The Kier molecular flexibility index (Phi) is 5.28. The van der Waals surface area contributed by atoms with Crippen molar-refractivity contribution < 1.29 is 4.74 Å². The topological polar surface area (TPSA) is 60.2 Å². The average Bonchev–Trinajstić information content (AvgIpc) is 2.54. The number of nitrogens with zero attached hydrogens (tertiary/aromatic N) is 1. The van der Waals surface area contributed by atoms with Crippen LogP contribution in [0.3, 0.4) is 0 Å². The minimum Gasteiger partial charge on any atom is -0.373 e. The summed E-state index contributed by atoms with van der Waals surface area (Å²) in [6, 6.07) is 10.2. The number of nitrogens with one attached hydrogen (secondary N) is 1. The SMILES string of the molecule is CCOC(CC)(CC)C(NN)c1ccc2cccnc2c1. The van der Waals surface area contributed by atoms with Gasteiger partial charge in [-0.15, -0.1) is 0 Å². The molecular weight excluding hydrogens is 262 g/mol. The van der Waals surface area contributed by atoms with Gasteiger partial charge in [0.25, 0.3) is 0 Å². The van der Waals surface area contributed by atoms with Gasteiger partial charge in [0, 0.05) is 18.2 Å². The van der Waals surface area contributed by atoms with Crippen LogP contribution >= 0.6 is 0 Å². The molecule has 2 rings (SSSR count). The molecule has 0 radical (unpaired) electrons. The summed E-state index contributed by atoms with van der Waals surface area (Å²) >= 11 is 0. The molecule has 0 aliphatic rings. The van der Waals surface area contributed by atoms with E-state index in [1.54, 1.807) is 0 Å². The van der Waals surface area contributed by atoms with Crippen molar-refractivity contribution >= 4 is 10.9 Å². The lowest BCUT2D eigenvalue weighted by atomic mass is 9.84. The van der Waals surface area contributed by atoms with Crippen molar-refractivity contribution in [2.24, 2.45) is 5.84 Å². The first kappa shape index (κ1) is 15.9. The van der Waals surface area contributed by atoms with Crippen molar-refractivity contribution in [3.05, 3.63) is 42.1 Å². The van der Waals surface area contributed by atoms with E-state index in [-0.39, 0.29) is 11.6 Å². The van der Waals surface area contributed by atoms with Gasteiger partial charge < -0.3 is 4.74 Å². The van der Waals surface area contributed by atoms with Crippen LogP contribution in [0.2, 0.25) is 0 Å². The number of hydrogen-bond acceptors (Lipinski definition) is 4. The number of benzene rings is 1. The third-order valence-corrected chi connectivity index (χ3v) is 4.28. The maximum Gasteiger partial charge on any atom is 0.0883 e. The Hall–Kier alpha value is -1.49. The van der Waals surface area contributed by atoms with Gasteiger partial charge in [-0.05, 0) is 37.5 Å². The molecule has 0 spiro atoms. The largest absolute Gasteiger partial charge is 0.373 e. The minimum absolute atomic E-state index is 0.0566. The third kappa shape index (κ3) is 3.07.